The van der Waals surface area contributed by atoms with Gasteiger partial charge in [0.1, 0.15) is 0 Å². The van der Waals surface area contributed by atoms with Gasteiger partial charge in [0.25, 0.3) is 0 Å². The molecule has 19 heavy (non-hydrogen) atoms. The lowest BCUT2D eigenvalue weighted by atomic mass is 10.1. The van der Waals surface area contributed by atoms with Crippen molar-refractivity contribution >= 4 is 23.4 Å². The molecule has 0 radical (unpaired) electrons. The van der Waals surface area contributed by atoms with Crippen LogP contribution in [0.2, 0.25) is 0 Å². The molecule has 1 aromatic carbocycles. The zero-order chi connectivity index (χ0) is 12.3. The van der Waals surface area contributed by atoms with Crippen LogP contribution in [0, 0.1) is 0 Å². The third-order valence-corrected chi connectivity index (χ3v) is 3.29. The van der Waals surface area contributed by atoms with E-state index in [4.69, 9.17) is 5.73 Å². The summed E-state index contributed by atoms with van der Waals surface area (Å²) < 4.78 is 4.61. The Morgan fingerprint density at radius 1 is 1.26 bits per heavy atom. The largest absolute Gasteiger partial charge is 1.00 e. The summed E-state index contributed by atoms with van der Waals surface area (Å²) in [6.07, 6.45) is 4.34. The summed E-state index contributed by atoms with van der Waals surface area (Å²) in [5.41, 5.74) is 9.61. The molecule has 0 aliphatic carbocycles. The molecule has 0 fully saturated rings. The molecule has 108 valence electrons. The van der Waals surface area contributed by atoms with Crippen LogP contribution in [0.5, 0.6) is 0 Å². The van der Waals surface area contributed by atoms with Gasteiger partial charge in [0, 0.05) is 0 Å². The first-order chi connectivity index (χ1) is 8.30. The Morgan fingerprint density at radius 3 is 2.58 bits per heavy atom. The van der Waals surface area contributed by atoms with Crippen LogP contribution in [-0.4, -0.2) is 11.1 Å². The van der Waals surface area contributed by atoms with Gasteiger partial charge in [-0.2, -0.15) is 0 Å². The van der Waals surface area contributed by atoms with Crippen LogP contribution in [0.15, 0.2) is 24.5 Å². The van der Waals surface area contributed by atoms with E-state index in [1.807, 2.05) is 0 Å². The summed E-state index contributed by atoms with van der Waals surface area (Å²) in [5, 5.41) is 0. The molecule has 0 atom stereocenters. The highest BCUT2D eigenvalue weighted by Gasteiger charge is 2.13. The van der Waals surface area contributed by atoms with E-state index in [1.165, 1.54) is 16.6 Å². The van der Waals surface area contributed by atoms with E-state index in [0.717, 1.165) is 32.5 Å². The van der Waals surface area contributed by atoms with Crippen LogP contribution >= 0.6 is 12.4 Å². The number of aromatic nitrogens is 2. The van der Waals surface area contributed by atoms with E-state index in [-0.39, 0.29) is 24.8 Å². The number of aryl methyl sites for hydroxylation is 3. The molecule has 3 nitrogen and oxygen atoms in total. The van der Waals surface area contributed by atoms with Crippen LogP contribution in [0.1, 0.15) is 25.8 Å². The SMILES string of the molecule is CCn1c[n+](CC)c2ccc(CCCN)cc21.Cl.[Cl-]. The van der Waals surface area contributed by atoms with Crippen molar-refractivity contribution in [3.05, 3.63) is 30.1 Å². The van der Waals surface area contributed by atoms with Crippen LogP contribution < -0.4 is 22.7 Å². The minimum absolute atomic E-state index is 0. The number of benzene rings is 1. The zero-order valence-electron chi connectivity index (χ0n) is 11.6. The summed E-state index contributed by atoms with van der Waals surface area (Å²) in [4.78, 5) is 0. The molecule has 0 amide bonds. The molecule has 1 heterocycles. The molecule has 0 saturated heterocycles. The molecule has 0 unspecified atom stereocenters. The van der Waals surface area contributed by atoms with Gasteiger partial charge in [-0.05, 0) is 50.9 Å². The number of nitrogens with zero attached hydrogens (tertiary/aromatic N) is 2. The monoisotopic (exact) mass is 303 g/mol. The number of fused-ring (bicyclic) bond motifs is 1. The quantitative estimate of drug-likeness (QED) is 0.728. The highest BCUT2D eigenvalue weighted by Crippen LogP contribution is 2.15. The Bertz CT molecular complexity index is 509. The van der Waals surface area contributed by atoms with Crippen molar-refractivity contribution in [1.29, 1.82) is 0 Å². The molecular formula is C14H23Cl2N3. The van der Waals surface area contributed by atoms with Crippen LogP contribution in [0.25, 0.3) is 11.0 Å². The van der Waals surface area contributed by atoms with E-state index in [1.54, 1.807) is 0 Å². The van der Waals surface area contributed by atoms with Crippen molar-refractivity contribution < 1.29 is 17.0 Å². The average Bonchev–Trinajstić information content (AvgIpc) is 2.73. The van der Waals surface area contributed by atoms with Gasteiger partial charge in [-0.25, -0.2) is 9.13 Å². The molecule has 0 aliphatic heterocycles. The van der Waals surface area contributed by atoms with Gasteiger partial charge < -0.3 is 18.1 Å². The predicted molar refractivity (Wildman–Crippen MR) is 78.1 cm³/mol. The second-order valence-electron chi connectivity index (χ2n) is 4.40. The van der Waals surface area contributed by atoms with Gasteiger partial charge in [-0.1, -0.05) is 6.07 Å². The molecule has 2 N–H and O–H groups in total. The van der Waals surface area contributed by atoms with Gasteiger partial charge in [0.2, 0.25) is 6.33 Å². The lowest BCUT2D eigenvalue weighted by molar-refractivity contribution is -0.668. The minimum atomic E-state index is 0. The fourth-order valence-electron chi connectivity index (χ4n) is 2.30. The lowest BCUT2D eigenvalue weighted by Gasteiger charge is -1.99. The molecule has 0 spiro atoms. The number of halogens is 2. The van der Waals surface area contributed by atoms with Gasteiger partial charge >= 0.3 is 0 Å². The van der Waals surface area contributed by atoms with E-state index >= 15 is 0 Å². The van der Waals surface area contributed by atoms with Crippen LogP contribution in [0.4, 0.5) is 0 Å². The molecule has 5 heteroatoms. The first kappa shape index (κ1) is 18.2. The Balaban J connectivity index is 0.00000162. The average molecular weight is 304 g/mol. The third-order valence-electron chi connectivity index (χ3n) is 3.29. The van der Waals surface area contributed by atoms with Gasteiger partial charge in [-0.15, -0.1) is 12.4 Å². The Hall–Kier alpha value is -0.770. The summed E-state index contributed by atoms with van der Waals surface area (Å²) in [7, 11) is 0. The highest BCUT2D eigenvalue weighted by atomic mass is 35.5. The molecule has 1 aromatic heterocycles. The first-order valence-electron chi connectivity index (χ1n) is 6.51. The topological polar surface area (TPSA) is 34.8 Å². The number of hydrogen-bond donors (Lipinski definition) is 1. The molecular weight excluding hydrogens is 281 g/mol. The minimum Gasteiger partial charge on any atom is -1.00 e. The van der Waals surface area contributed by atoms with E-state index in [9.17, 15) is 0 Å². The van der Waals surface area contributed by atoms with Crippen molar-refractivity contribution in [2.45, 2.75) is 39.8 Å². The first-order valence-corrected chi connectivity index (χ1v) is 6.51. The van der Waals surface area contributed by atoms with Gasteiger partial charge in [0.15, 0.2) is 11.0 Å². The number of imidazole rings is 1. The van der Waals surface area contributed by atoms with E-state index in [0.29, 0.717) is 0 Å². The Labute approximate surface area is 127 Å². The summed E-state index contributed by atoms with van der Waals surface area (Å²) >= 11 is 0. The number of nitrogens with two attached hydrogens (primary N) is 1. The second-order valence-corrected chi connectivity index (χ2v) is 4.40. The Kier molecular flexibility index (Phi) is 8.07. The van der Waals surface area contributed by atoms with Crippen LogP contribution in [0.3, 0.4) is 0 Å². The molecule has 0 bridgehead atoms. The number of rotatable bonds is 5. The maximum atomic E-state index is 5.56. The fourth-order valence-corrected chi connectivity index (χ4v) is 2.30. The van der Waals surface area contributed by atoms with Crippen molar-refractivity contribution in [2.24, 2.45) is 5.73 Å². The normalized spacial score (nSPS) is 10.1. The highest BCUT2D eigenvalue weighted by molar-refractivity contribution is 5.85. The molecule has 0 saturated carbocycles. The lowest BCUT2D eigenvalue weighted by Crippen LogP contribution is -3.00. The second kappa shape index (κ2) is 8.41. The van der Waals surface area contributed by atoms with Gasteiger partial charge in [0.05, 0.1) is 13.1 Å². The van der Waals surface area contributed by atoms with E-state index < -0.39 is 0 Å². The predicted octanol–water partition coefficient (Wildman–Crippen LogP) is -0.714. The zero-order valence-corrected chi connectivity index (χ0v) is 13.2. The fraction of sp³-hybridized carbons (Fsp3) is 0.500. The van der Waals surface area contributed by atoms with Gasteiger partial charge in [-0.3, -0.25) is 0 Å². The van der Waals surface area contributed by atoms with Crippen molar-refractivity contribution in [3.63, 3.8) is 0 Å². The molecule has 2 aromatic rings. The van der Waals surface area contributed by atoms with Crippen molar-refractivity contribution in [3.8, 4) is 0 Å². The summed E-state index contributed by atoms with van der Waals surface area (Å²) in [5.74, 6) is 0. The standard InChI is InChI=1S/C14H22N3.2ClH/c1-3-16-11-17(4-2)14-10-12(6-5-9-15)7-8-13(14)16;;/h7-8,10-11H,3-6,9,15H2,1-2H3;2*1H/q+1;;/p-1. The molecule has 2 rings (SSSR count). The van der Waals surface area contributed by atoms with Crippen molar-refractivity contribution in [1.82, 2.24) is 4.57 Å². The molecule has 0 aliphatic rings. The number of hydrogen-bond acceptors (Lipinski definition) is 1. The maximum absolute atomic E-state index is 5.56. The third kappa shape index (κ3) is 3.85. The summed E-state index contributed by atoms with van der Waals surface area (Å²) in [6.45, 7) is 7.17. The van der Waals surface area contributed by atoms with Crippen molar-refractivity contribution in [2.75, 3.05) is 6.54 Å². The maximum Gasteiger partial charge on any atom is 0.244 e. The van der Waals surface area contributed by atoms with E-state index in [2.05, 4.69) is 47.5 Å². The Morgan fingerprint density at radius 2 is 2.00 bits per heavy atom. The van der Waals surface area contributed by atoms with Crippen LogP contribution in [-0.2, 0) is 19.5 Å². The summed E-state index contributed by atoms with van der Waals surface area (Å²) in [6, 6.07) is 6.77. The smallest absolute Gasteiger partial charge is 0.244 e.